The van der Waals surface area contributed by atoms with Gasteiger partial charge in [-0.25, -0.2) is 4.79 Å². The summed E-state index contributed by atoms with van der Waals surface area (Å²) in [6.07, 6.45) is 0.840. The summed E-state index contributed by atoms with van der Waals surface area (Å²) in [6.45, 7) is 3.67. The minimum absolute atomic E-state index is 0.0616. The van der Waals surface area contributed by atoms with Crippen LogP contribution in [0.25, 0.3) is 0 Å². The topological polar surface area (TPSA) is 84.9 Å². The number of hydrogen-bond acceptors (Lipinski definition) is 4. The first-order chi connectivity index (χ1) is 9.11. The molecular formula is C13H15NO5. The number of amides is 1. The van der Waals surface area contributed by atoms with Crippen molar-refractivity contribution in [3.8, 4) is 5.75 Å². The Balaban J connectivity index is 2.40. The summed E-state index contributed by atoms with van der Waals surface area (Å²) in [6, 6.07) is 6.52. The van der Waals surface area contributed by atoms with Crippen LogP contribution in [0.3, 0.4) is 0 Å². The van der Waals surface area contributed by atoms with Gasteiger partial charge in [-0.05, 0) is 24.3 Å². The maximum absolute atomic E-state index is 11.2. The largest absolute Gasteiger partial charge is 0.493 e. The van der Waals surface area contributed by atoms with Gasteiger partial charge in [-0.15, -0.1) is 0 Å². The Bertz CT molecular complexity index is 441. The fourth-order valence-corrected chi connectivity index (χ4v) is 1.18. The van der Waals surface area contributed by atoms with Crippen LogP contribution < -0.4 is 10.1 Å². The SMILES string of the molecule is C=CCOC(=O)Nc1ccc(OCCC(=O)O)cc1. The molecule has 0 saturated carbocycles. The van der Waals surface area contributed by atoms with Crippen LogP contribution in [0.15, 0.2) is 36.9 Å². The minimum Gasteiger partial charge on any atom is -0.493 e. The zero-order valence-corrected chi connectivity index (χ0v) is 10.3. The predicted molar refractivity (Wildman–Crippen MR) is 69.4 cm³/mol. The quantitative estimate of drug-likeness (QED) is 0.739. The molecule has 0 aliphatic carbocycles. The van der Waals surface area contributed by atoms with Gasteiger partial charge < -0.3 is 14.6 Å². The van der Waals surface area contributed by atoms with Gasteiger partial charge >= 0.3 is 12.1 Å². The number of carboxylic acids is 1. The number of hydrogen-bond donors (Lipinski definition) is 2. The molecule has 0 radical (unpaired) electrons. The van der Waals surface area contributed by atoms with Crippen LogP contribution in [0.5, 0.6) is 5.75 Å². The number of carbonyl (C=O) groups is 2. The van der Waals surface area contributed by atoms with Gasteiger partial charge in [0.1, 0.15) is 12.4 Å². The van der Waals surface area contributed by atoms with E-state index in [1.54, 1.807) is 24.3 Å². The lowest BCUT2D eigenvalue weighted by Gasteiger charge is -2.07. The Labute approximate surface area is 110 Å². The van der Waals surface area contributed by atoms with Crippen LogP contribution in [0.4, 0.5) is 10.5 Å². The molecule has 6 heteroatoms. The van der Waals surface area contributed by atoms with Crippen molar-refractivity contribution >= 4 is 17.7 Å². The van der Waals surface area contributed by atoms with E-state index in [9.17, 15) is 9.59 Å². The van der Waals surface area contributed by atoms with E-state index < -0.39 is 12.1 Å². The number of benzene rings is 1. The Morgan fingerprint density at radius 3 is 2.58 bits per heavy atom. The second kappa shape index (κ2) is 7.75. The molecule has 0 aliphatic heterocycles. The van der Waals surface area contributed by atoms with Gasteiger partial charge in [-0.3, -0.25) is 10.1 Å². The van der Waals surface area contributed by atoms with E-state index in [0.29, 0.717) is 11.4 Å². The van der Waals surface area contributed by atoms with Gasteiger partial charge in [-0.2, -0.15) is 0 Å². The second-order valence-corrected chi connectivity index (χ2v) is 3.53. The van der Waals surface area contributed by atoms with Crippen molar-refractivity contribution in [2.45, 2.75) is 6.42 Å². The molecule has 1 aromatic carbocycles. The third kappa shape index (κ3) is 6.11. The molecule has 6 nitrogen and oxygen atoms in total. The summed E-state index contributed by atoms with van der Waals surface area (Å²) in [5.41, 5.74) is 0.555. The molecular weight excluding hydrogens is 250 g/mol. The van der Waals surface area contributed by atoms with E-state index in [2.05, 4.69) is 11.9 Å². The lowest BCUT2D eigenvalue weighted by molar-refractivity contribution is -0.137. The Hall–Kier alpha value is -2.50. The first kappa shape index (κ1) is 14.6. The van der Waals surface area contributed by atoms with Crippen LogP contribution in [0, 0.1) is 0 Å². The average molecular weight is 265 g/mol. The van der Waals surface area contributed by atoms with Crippen molar-refractivity contribution in [2.75, 3.05) is 18.5 Å². The lowest BCUT2D eigenvalue weighted by atomic mass is 10.3. The Morgan fingerprint density at radius 2 is 2.00 bits per heavy atom. The monoisotopic (exact) mass is 265 g/mol. The number of rotatable bonds is 7. The van der Waals surface area contributed by atoms with Gasteiger partial charge in [-0.1, -0.05) is 12.7 Å². The predicted octanol–water partition coefficient (Wildman–Crippen LogP) is 2.27. The van der Waals surface area contributed by atoms with Crippen LogP contribution in [-0.2, 0) is 9.53 Å². The molecule has 0 bridgehead atoms. The molecule has 0 aliphatic rings. The third-order valence-corrected chi connectivity index (χ3v) is 2.02. The van der Waals surface area contributed by atoms with E-state index in [4.69, 9.17) is 14.6 Å². The number of nitrogens with one attached hydrogen (secondary N) is 1. The van der Waals surface area contributed by atoms with Crippen molar-refractivity contribution in [1.82, 2.24) is 0 Å². The van der Waals surface area contributed by atoms with Crippen molar-refractivity contribution in [3.05, 3.63) is 36.9 Å². The van der Waals surface area contributed by atoms with E-state index in [1.807, 2.05) is 0 Å². The molecule has 0 fully saturated rings. The molecule has 1 aromatic rings. The standard InChI is InChI=1S/C13H15NO5/c1-2-8-19-13(17)14-10-3-5-11(6-4-10)18-9-7-12(15)16/h2-6H,1,7-9H2,(H,14,17)(H,15,16). The van der Waals surface area contributed by atoms with Crippen LogP contribution in [0.2, 0.25) is 0 Å². The molecule has 2 N–H and O–H groups in total. The van der Waals surface area contributed by atoms with Crippen molar-refractivity contribution in [3.63, 3.8) is 0 Å². The molecule has 0 spiro atoms. The van der Waals surface area contributed by atoms with Crippen LogP contribution >= 0.6 is 0 Å². The van der Waals surface area contributed by atoms with E-state index in [0.717, 1.165) is 0 Å². The van der Waals surface area contributed by atoms with Gasteiger partial charge in [0.05, 0.1) is 13.0 Å². The third-order valence-electron chi connectivity index (χ3n) is 2.02. The van der Waals surface area contributed by atoms with Crippen molar-refractivity contribution in [1.29, 1.82) is 0 Å². The number of carboxylic acid groups (broad SMARTS) is 1. The summed E-state index contributed by atoms with van der Waals surface area (Å²) in [5, 5.41) is 11.0. The molecule has 0 saturated heterocycles. The highest BCUT2D eigenvalue weighted by atomic mass is 16.5. The maximum Gasteiger partial charge on any atom is 0.411 e. The second-order valence-electron chi connectivity index (χ2n) is 3.53. The normalized spacial score (nSPS) is 9.47. The summed E-state index contributed by atoms with van der Waals surface area (Å²) in [4.78, 5) is 21.5. The molecule has 102 valence electrons. The summed E-state index contributed by atoms with van der Waals surface area (Å²) >= 11 is 0. The fourth-order valence-electron chi connectivity index (χ4n) is 1.18. The summed E-state index contributed by atoms with van der Waals surface area (Å²) in [7, 11) is 0. The molecule has 1 rings (SSSR count). The van der Waals surface area contributed by atoms with Crippen LogP contribution in [-0.4, -0.2) is 30.4 Å². The van der Waals surface area contributed by atoms with Crippen molar-refractivity contribution in [2.24, 2.45) is 0 Å². The molecule has 0 heterocycles. The van der Waals surface area contributed by atoms with Gasteiger partial charge in [0.2, 0.25) is 0 Å². The van der Waals surface area contributed by atoms with E-state index >= 15 is 0 Å². The lowest BCUT2D eigenvalue weighted by Crippen LogP contribution is -2.13. The van der Waals surface area contributed by atoms with Crippen molar-refractivity contribution < 1.29 is 24.2 Å². The Morgan fingerprint density at radius 1 is 1.32 bits per heavy atom. The molecule has 0 atom stereocenters. The molecule has 1 amide bonds. The number of aliphatic carboxylic acids is 1. The van der Waals surface area contributed by atoms with Gasteiger partial charge in [0.25, 0.3) is 0 Å². The zero-order valence-electron chi connectivity index (χ0n) is 10.3. The highest BCUT2D eigenvalue weighted by Crippen LogP contribution is 2.16. The number of carbonyl (C=O) groups excluding carboxylic acids is 1. The Kier molecular flexibility index (Phi) is 5.94. The summed E-state index contributed by atoms with van der Waals surface area (Å²) < 4.78 is 9.96. The van der Waals surface area contributed by atoms with Crippen LogP contribution in [0.1, 0.15) is 6.42 Å². The van der Waals surface area contributed by atoms with E-state index in [1.165, 1.54) is 6.08 Å². The first-order valence-electron chi connectivity index (χ1n) is 5.61. The number of ether oxygens (including phenoxy) is 2. The smallest absolute Gasteiger partial charge is 0.411 e. The minimum atomic E-state index is -0.914. The highest BCUT2D eigenvalue weighted by Gasteiger charge is 2.02. The average Bonchev–Trinajstić information content (AvgIpc) is 2.38. The molecule has 0 unspecified atom stereocenters. The summed E-state index contributed by atoms with van der Waals surface area (Å²) in [5.74, 6) is -0.380. The zero-order chi connectivity index (χ0) is 14.1. The van der Waals surface area contributed by atoms with E-state index in [-0.39, 0.29) is 19.6 Å². The molecule has 0 aromatic heterocycles. The number of anilines is 1. The van der Waals surface area contributed by atoms with Gasteiger partial charge in [0.15, 0.2) is 0 Å². The maximum atomic E-state index is 11.2. The molecule has 19 heavy (non-hydrogen) atoms. The first-order valence-corrected chi connectivity index (χ1v) is 5.61. The highest BCUT2D eigenvalue weighted by molar-refractivity contribution is 5.84. The fraction of sp³-hybridized carbons (Fsp3) is 0.231. The van der Waals surface area contributed by atoms with Gasteiger partial charge in [0, 0.05) is 5.69 Å².